The molecule has 0 amide bonds. The zero-order chi connectivity index (χ0) is 8.93. The van der Waals surface area contributed by atoms with E-state index in [2.05, 4.69) is 27.7 Å². The van der Waals surface area contributed by atoms with Gasteiger partial charge >= 0.3 is 0 Å². The smallest absolute Gasteiger partial charge is 0.0243 e. The molecule has 2 aliphatic carbocycles. The molecule has 70 valence electrons. The molecule has 0 aromatic carbocycles. The minimum Gasteiger partial charge on any atom is -0.0651 e. The molecule has 0 spiro atoms. The molecule has 0 heterocycles. The van der Waals surface area contributed by atoms with Crippen molar-refractivity contribution < 1.29 is 0 Å². The number of rotatable bonds is 2. The predicted molar refractivity (Wildman–Crippen MR) is 52.9 cm³/mol. The van der Waals surface area contributed by atoms with Crippen LogP contribution in [0.5, 0.6) is 0 Å². The van der Waals surface area contributed by atoms with Gasteiger partial charge in [0.05, 0.1) is 0 Å². The molecule has 0 nitrogen and oxygen atoms in total. The Kier molecular flexibility index (Phi) is 1.79. The molecule has 2 saturated carbocycles. The van der Waals surface area contributed by atoms with Crippen LogP contribution in [0.15, 0.2) is 0 Å². The van der Waals surface area contributed by atoms with Gasteiger partial charge in [0.15, 0.2) is 0 Å². The molecule has 0 aromatic rings. The van der Waals surface area contributed by atoms with Crippen LogP contribution in [0, 0.1) is 29.1 Å². The van der Waals surface area contributed by atoms with Crippen molar-refractivity contribution in [2.75, 3.05) is 0 Å². The van der Waals surface area contributed by atoms with E-state index in [1.165, 1.54) is 12.8 Å². The fraction of sp³-hybridized carbons (Fsp3) is 1.00. The largest absolute Gasteiger partial charge is 0.0651 e. The Morgan fingerprint density at radius 2 is 2.00 bits per heavy atom. The molecule has 2 fully saturated rings. The third kappa shape index (κ3) is 0.900. The minimum atomic E-state index is 0.694. The number of hydrogen-bond donors (Lipinski definition) is 0. The Morgan fingerprint density at radius 3 is 2.42 bits per heavy atom. The van der Waals surface area contributed by atoms with Crippen LogP contribution in [-0.4, -0.2) is 0 Å². The summed E-state index contributed by atoms with van der Waals surface area (Å²) >= 11 is 0. The summed E-state index contributed by atoms with van der Waals surface area (Å²) < 4.78 is 0. The predicted octanol–water partition coefficient (Wildman–Crippen LogP) is 3.71. The Labute approximate surface area is 76.7 Å². The second-order valence-corrected chi connectivity index (χ2v) is 5.46. The number of fused-ring (bicyclic) bond motifs is 1. The summed E-state index contributed by atoms with van der Waals surface area (Å²) in [4.78, 5) is 0. The summed E-state index contributed by atoms with van der Waals surface area (Å²) in [5.41, 5.74) is 0.694. The average Bonchev–Trinajstić information content (AvgIpc) is 2.73. The lowest BCUT2D eigenvalue weighted by atomic mass is 9.67. The third-order valence-electron chi connectivity index (χ3n) is 4.93. The summed E-state index contributed by atoms with van der Waals surface area (Å²) in [6.45, 7) is 9.76. The second kappa shape index (κ2) is 2.49. The Hall–Kier alpha value is 0. The van der Waals surface area contributed by atoms with E-state index in [1.54, 1.807) is 6.42 Å². The number of hydrogen-bond acceptors (Lipinski definition) is 0. The molecule has 0 bridgehead atoms. The van der Waals surface area contributed by atoms with Gasteiger partial charge in [0.1, 0.15) is 0 Å². The lowest BCUT2D eigenvalue weighted by molar-refractivity contribution is 0.109. The van der Waals surface area contributed by atoms with Gasteiger partial charge < -0.3 is 0 Å². The van der Waals surface area contributed by atoms with E-state index < -0.39 is 0 Å². The molecule has 0 N–H and O–H groups in total. The topological polar surface area (TPSA) is 0 Å². The van der Waals surface area contributed by atoms with Gasteiger partial charge in [0.25, 0.3) is 0 Å². The lowest BCUT2D eigenvalue weighted by Crippen LogP contribution is -2.31. The average molecular weight is 166 g/mol. The van der Waals surface area contributed by atoms with Crippen LogP contribution in [0.25, 0.3) is 0 Å². The molecule has 0 saturated heterocycles. The molecular weight excluding hydrogens is 144 g/mol. The summed E-state index contributed by atoms with van der Waals surface area (Å²) in [6, 6.07) is 0. The van der Waals surface area contributed by atoms with Crippen molar-refractivity contribution in [2.45, 2.75) is 47.0 Å². The van der Waals surface area contributed by atoms with E-state index in [-0.39, 0.29) is 0 Å². The Morgan fingerprint density at radius 1 is 1.33 bits per heavy atom. The lowest BCUT2D eigenvalue weighted by Gasteiger charge is -2.38. The van der Waals surface area contributed by atoms with E-state index in [0.29, 0.717) is 5.41 Å². The van der Waals surface area contributed by atoms with Gasteiger partial charge in [-0.3, -0.25) is 0 Å². The first-order chi connectivity index (χ1) is 5.60. The van der Waals surface area contributed by atoms with Crippen molar-refractivity contribution >= 4 is 0 Å². The SMILES string of the molecule is CCC1CC2CC2[C@@]1(C)C(C)C. The van der Waals surface area contributed by atoms with Crippen LogP contribution < -0.4 is 0 Å². The van der Waals surface area contributed by atoms with E-state index in [1.807, 2.05) is 0 Å². The maximum Gasteiger partial charge on any atom is -0.0243 e. The van der Waals surface area contributed by atoms with Crippen LogP contribution in [0.3, 0.4) is 0 Å². The maximum absolute atomic E-state index is 2.55. The van der Waals surface area contributed by atoms with Crippen molar-refractivity contribution in [1.82, 2.24) is 0 Å². The molecule has 2 rings (SSSR count). The highest BCUT2D eigenvalue weighted by atomic mass is 14.6. The van der Waals surface area contributed by atoms with E-state index in [9.17, 15) is 0 Å². The molecule has 0 radical (unpaired) electrons. The summed E-state index contributed by atoms with van der Waals surface area (Å²) in [7, 11) is 0. The molecule has 0 heteroatoms. The quantitative estimate of drug-likeness (QED) is 0.586. The third-order valence-corrected chi connectivity index (χ3v) is 4.93. The zero-order valence-corrected chi connectivity index (χ0v) is 8.93. The maximum atomic E-state index is 2.55. The fourth-order valence-electron chi connectivity index (χ4n) is 3.70. The first-order valence-electron chi connectivity index (χ1n) is 5.60. The van der Waals surface area contributed by atoms with Gasteiger partial charge in [-0.1, -0.05) is 34.1 Å². The highest BCUT2D eigenvalue weighted by Crippen LogP contribution is 2.67. The van der Waals surface area contributed by atoms with Crippen molar-refractivity contribution in [3.8, 4) is 0 Å². The summed E-state index contributed by atoms with van der Waals surface area (Å²) in [6.07, 6.45) is 4.49. The van der Waals surface area contributed by atoms with Gasteiger partial charge in [-0.05, 0) is 41.9 Å². The molecule has 4 atom stereocenters. The fourth-order valence-corrected chi connectivity index (χ4v) is 3.70. The van der Waals surface area contributed by atoms with Crippen LogP contribution in [0.4, 0.5) is 0 Å². The van der Waals surface area contributed by atoms with Gasteiger partial charge in [-0.15, -0.1) is 0 Å². The molecule has 0 aromatic heterocycles. The van der Waals surface area contributed by atoms with Crippen LogP contribution >= 0.6 is 0 Å². The summed E-state index contributed by atoms with van der Waals surface area (Å²) in [5, 5.41) is 0. The van der Waals surface area contributed by atoms with Crippen molar-refractivity contribution in [2.24, 2.45) is 29.1 Å². The minimum absolute atomic E-state index is 0.694. The van der Waals surface area contributed by atoms with Gasteiger partial charge in [0, 0.05) is 0 Å². The Balaban J connectivity index is 2.19. The van der Waals surface area contributed by atoms with E-state index in [4.69, 9.17) is 0 Å². The Bertz CT molecular complexity index is 182. The molecule has 3 unspecified atom stereocenters. The van der Waals surface area contributed by atoms with E-state index >= 15 is 0 Å². The highest BCUT2D eigenvalue weighted by Gasteiger charge is 2.60. The van der Waals surface area contributed by atoms with E-state index in [0.717, 1.165) is 23.7 Å². The van der Waals surface area contributed by atoms with Crippen LogP contribution in [-0.2, 0) is 0 Å². The van der Waals surface area contributed by atoms with Crippen molar-refractivity contribution in [1.29, 1.82) is 0 Å². The van der Waals surface area contributed by atoms with Crippen LogP contribution in [0.2, 0.25) is 0 Å². The van der Waals surface area contributed by atoms with Gasteiger partial charge in [-0.2, -0.15) is 0 Å². The first kappa shape index (κ1) is 8.59. The molecule has 12 heavy (non-hydrogen) atoms. The first-order valence-corrected chi connectivity index (χ1v) is 5.60. The standard InChI is InChI=1S/C12H22/c1-5-10-6-9-7-11(9)12(10,4)8(2)3/h8-11H,5-7H2,1-4H3/t9?,10?,11?,12-/m0/s1. The zero-order valence-electron chi connectivity index (χ0n) is 8.93. The van der Waals surface area contributed by atoms with Crippen LogP contribution in [0.1, 0.15) is 47.0 Å². The molecule has 0 aliphatic heterocycles. The van der Waals surface area contributed by atoms with Gasteiger partial charge in [0.2, 0.25) is 0 Å². The monoisotopic (exact) mass is 166 g/mol. The molecular formula is C12H22. The van der Waals surface area contributed by atoms with Crippen molar-refractivity contribution in [3.05, 3.63) is 0 Å². The summed E-state index contributed by atoms with van der Waals surface area (Å²) in [5.74, 6) is 4.14. The highest BCUT2D eigenvalue weighted by molar-refractivity contribution is 5.09. The normalized spacial score (nSPS) is 51.2. The second-order valence-electron chi connectivity index (χ2n) is 5.46. The van der Waals surface area contributed by atoms with Gasteiger partial charge in [-0.25, -0.2) is 0 Å². The van der Waals surface area contributed by atoms with Crippen molar-refractivity contribution in [3.63, 3.8) is 0 Å². The molecule has 2 aliphatic rings.